The molecule has 164 valence electrons. The van der Waals surface area contributed by atoms with Crippen molar-refractivity contribution in [3.05, 3.63) is 59.1 Å². The zero-order chi connectivity index (χ0) is 22.0. The highest BCUT2D eigenvalue weighted by molar-refractivity contribution is 5.99. The molecular formula is C24H27FN2O4. The number of methoxy groups -OCH3 is 1. The number of hydrogen-bond donors (Lipinski definition) is 0. The lowest BCUT2D eigenvalue weighted by Gasteiger charge is -2.34. The van der Waals surface area contributed by atoms with E-state index in [-0.39, 0.29) is 17.5 Å². The molecule has 2 aromatic carbocycles. The van der Waals surface area contributed by atoms with E-state index in [0.29, 0.717) is 50.7 Å². The van der Waals surface area contributed by atoms with Gasteiger partial charge in [0.25, 0.3) is 5.91 Å². The van der Waals surface area contributed by atoms with Gasteiger partial charge in [-0.25, -0.2) is 4.39 Å². The van der Waals surface area contributed by atoms with Crippen molar-refractivity contribution < 1.29 is 23.1 Å². The summed E-state index contributed by atoms with van der Waals surface area (Å²) in [6.45, 7) is 7.68. The molecule has 2 heterocycles. The Hall–Kier alpha value is -3.06. The van der Waals surface area contributed by atoms with E-state index in [1.165, 1.54) is 13.2 Å². The zero-order valence-corrected chi connectivity index (χ0v) is 18.1. The number of benzene rings is 2. The average molecular weight is 426 g/mol. The second-order valence-electron chi connectivity index (χ2n) is 7.68. The third-order valence-electron chi connectivity index (χ3n) is 5.69. The van der Waals surface area contributed by atoms with Crippen LogP contribution in [-0.2, 0) is 6.54 Å². The Bertz CT molecular complexity index is 1090. The summed E-state index contributed by atoms with van der Waals surface area (Å²) in [5, 5.41) is 0.898. The number of ether oxygens (including phenoxy) is 2. The van der Waals surface area contributed by atoms with Crippen molar-refractivity contribution in [1.29, 1.82) is 0 Å². The maximum atomic E-state index is 13.9. The zero-order valence-electron chi connectivity index (χ0n) is 18.1. The van der Waals surface area contributed by atoms with Crippen LogP contribution in [0.4, 0.5) is 4.39 Å². The quantitative estimate of drug-likeness (QED) is 0.590. The average Bonchev–Trinajstić information content (AvgIpc) is 3.10. The molecule has 3 aromatic rings. The van der Waals surface area contributed by atoms with Crippen LogP contribution in [0.5, 0.6) is 11.5 Å². The molecule has 1 aliphatic rings. The van der Waals surface area contributed by atoms with Crippen LogP contribution in [0.25, 0.3) is 11.0 Å². The third kappa shape index (κ3) is 4.37. The fourth-order valence-electron chi connectivity index (χ4n) is 3.98. The van der Waals surface area contributed by atoms with Gasteiger partial charge in [0.1, 0.15) is 11.3 Å². The van der Waals surface area contributed by atoms with Gasteiger partial charge in [0.05, 0.1) is 13.7 Å². The largest absolute Gasteiger partial charge is 0.494 e. The Kier molecular flexibility index (Phi) is 6.13. The van der Waals surface area contributed by atoms with Crippen LogP contribution < -0.4 is 9.47 Å². The minimum atomic E-state index is -0.360. The molecule has 31 heavy (non-hydrogen) atoms. The highest BCUT2D eigenvalue weighted by Crippen LogP contribution is 2.30. The van der Waals surface area contributed by atoms with E-state index in [9.17, 15) is 9.18 Å². The summed E-state index contributed by atoms with van der Waals surface area (Å²) < 4.78 is 30.4. The molecule has 0 saturated carbocycles. The van der Waals surface area contributed by atoms with Crippen LogP contribution in [0.3, 0.4) is 0 Å². The number of fused-ring (bicyclic) bond motifs is 1. The molecule has 0 atom stereocenters. The number of halogens is 1. The second-order valence-corrected chi connectivity index (χ2v) is 7.68. The van der Waals surface area contributed by atoms with Gasteiger partial charge in [-0.15, -0.1) is 0 Å². The first kappa shape index (κ1) is 21.2. The summed E-state index contributed by atoms with van der Waals surface area (Å²) in [7, 11) is 1.45. The number of amides is 1. The molecule has 1 aromatic heterocycles. The van der Waals surface area contributed by atoms with Crippen molar-refractivity contribution in [3.63, 3.8) is 0 Å². The monoisotopic (exact) mass is 426 g/mol. The van der Waals surface area contributed by atoms with Crippen LogP contribution in [0.15, 0.2) is 40.8 Å². The Morgan fingerprint density at radius 2 is 1.90 bits per heavy atom. The summed E-state index contributed by atoms with van der Waals surface area (Å²) in [4.78, 5) is 17.1. The molecule has 7 heteroatoms. The summed E-state index contributed by atoms with van der Waals surface area (Å²) in [6.07, 6.45) is 0. The smallest absolute Gasteiger partial charge is 0.289 e. The van der Waals surface area contributed by atoms with E-state index in [1.807, 2.05) is 43.0 Å². The summed E-state index contributed by atoms with van der Waals surface area (Å²) in [5.74, 6) is 0.938. The fourth-order valence-corrected chi connectivity index (χ4v) is 3.98. The number of aryl methyl sites for hydroxylation is 1. The van der Waals surface area contributed by atoms with E-state index >= 15 is 0 Å². The van der Waals surface area contributed by atoms with Gasteiger partial charge in [0, 0.05) is 43.7 Å². The molecule has 1 amide bonds. The number of rotatable bonds is 6. The minimum Gasteiger partial charge on any atom is -0.494 e. The molecule has 1 fully saturated rings. The minimum absolute atomic E-state index is 0.0956. The lowest BCUT2D eigenvalue weighted by Crippen LogP contribution is -2.48. The molecule has 0 unspecified atom stereocenters. The van der Waals surface area contributed by atoms with Crippen molar-refractivity contribution >= 4 is 16.9 Å². The summed E-state index contributed by atoms with van der Waals surface area (Å²) in [5.41, 5.74) is 2.40. The third-order valence-corrected chi connectivity index (χ3v) is 5.69. The fraction of sp³-hybridized carbons (Fsp3) is 0.375. The number of furan rings is 1. The number of carbonyl (C=O) groups is 1. The molecule has 0 spiro atoms. The Morgan fingerprint density at radius 1 is 1.13 bits per heavy atom. The molecule has 0 bridgehead atoms. The van der Waals surface area contributed by atoms with E-state index in [2.05, 4.69) is 4.90 Å². The lowest BCUT2D eigenvalue weighted by atomic mass is 10.1. The van der Waals surface area contributed by atoms with Gasteiger partial charge in [0.15, 0.2) is 17.3 Å². The van der Waals surface area contributed by atoms with Crippen LogP contribution in [0, 0.1) is 12.7 Å². The lowest BCUT2D eigenvalue weighted by molar-refractivity contribution is 0.0599. The van der Waals surface area contributed by atoms with E-state index < -0.39 is 0 Å². The maximum absolute atomic E-state index is 13.9. The summed E-state index contributed by atoms with van der Waals surface area (Å²) >= 11 is 0. The van der Waals surface area contributed by atoms with Crippen molar-refractivity contribution in [1.82, 2.24) is 9.80 Å². The number of hydrogen-bond acceptors (Lipinski definition) is 5. The first-order chi connectivity index (χ1) is 15.0. The van der Waals surface area contributed by atoms with Gasteiger partial charge in [-0.2, -0.15) is 0 Å². The topological polar surface area (TPSA) is 55.2 Å². The molecule has 1 saturated heterocycles. The molecule has 0 N–H and O–H groups in total. The van der Waals surface area contributed by atoms with E-state index in [1.54, 1.807) is 6.07 Å². The molecule has 0 aliphatic carbocycles. The van der Waals surface area contributed by atoms with Crippen LogP contribution >= 0.6 is 0 Å². The predicted octanol–water partition coefficient (Wildman–Crippen LogP) is 4.25. The normalized spacial score (nSPS) is 14.8. The highest BCUT2D eigenvalue weighted by Gasteiger charge is 2.27. The van der Waals surface area contributed by atoms with Gasteiger partial charge < -0.3 is 18.8 Å². The first-order valence-electron chi connectivity index (χ1n) is 10.5. The standard InChI is InChI=1S/C24H27FN2O4/c1-4-30-18-6-8-21-19(14-18)16(2)23(31-21)24(28)27-11-9-26(10-12-27)15-17-5-7-22(29-3)20(25)13-17/h5-8,13-14H,4,9-12,15H2,1-3H3. The predicted molar refractivity (Wildman–Crippen MR) is 116 cm³/mol. The van der Waals surface area contributed by atoms with E-state index in [0.717, 1.165) is 22.3 Å². The molecular weight excluding hydrogens is 399 g/mol. The first-order valence-corrected chi connectivity index (χ1v) is 10.5. The highest BCUT2D eigenvalue weighted by atomic mass is 19.1. The van der Waals surface area contributed by atoms with Crippen molar-refractivity contribution in [2.45, 2.75) is 20.4 Å². The molecule has 1 aliphatic heterocycles. The van der Waals surface area contributed by atoms with Crippen molar-refractivity contribution in [3.8, 4) is 11.5 Å². The number of nitrogens with zero attached hydrogens (tertiary/aromatic N) is 2. The van der Waals surface area contributed by atoms with Crippen molar-refractivity contribution in [2.75, 3.05) is 39.9 Å². The van der Waals surface area contributed by atoms with Crippen LogP contribution in [0.1, 0.15) is 28.6 Å². The molecule has 4 rings (SSSR count). The van der Waals surface area contributed by atoms with Crippen LogP contribution in [0.2, 0.25) is 0 Å². The van der Waals surface area contributed by atoms with Crippen LogP contribution in [-0.4, -0.2) is 55.6 Å². The Balaban J connectivity index is 1.41. The van der Waals surface area contributed by atoms with Gasteiger partial charge in [-0.3, -0.25) is 9.69 Å². The van der Waals surface area contributed by atoms with E-state index in [4.69, 9.17) is 13.9 Å². The summed E-state index contributed by atoms with van der Waals surface area (Å²) in [6, 6.07) is 10.6. The maximum Gasteiger partial charge on any atom is 0.289 e. The SMILES string of the molecule is CCOc1ccc2oc(C(=O)N3CCN(Cc4ccc(OC)c(F)c4)CC3)c(C)c2c1. The number of carbonyl (C=O) groups excluding carboxylic acids is 1. The van der Waals surface area contributed by atoms with Crippen molar-refractivity contribution in [2.24, 2.45) is 0 Å². The van der Waals surface area contributed by atoms with Gasteiger partial charge in [-0.05, 0) is 49.7 Å². The number of piperazine rings is 1. The van der Waals surface area contributed by atoms with Gasteiger partial charge >= 0.3 is 0 Å². The molecule has 0 radical (unpaired) electrons. The Morgan fingerprint density at radius 3 is 2.58 bits per heavy atom. The Labute approximate surface area is 181 Å². The second kappa shape index (κ2) is 8.98. The van der Waals surface area contributed by atoms with Gasteiger partial charge in [0.2, 0.25) is 0 Å². The van der Waals surface area contributed by atoms with Gasteiger partial charge in [-0.1, -0.05) is 6.07 Å². The molecule has 6 nitrogen and oxygen atoms in total.